The maximum absolute atomic E-state index is 12.1. The van der Waals surface area contributed by atoms with Gasteiger partial charge in [0.1, 0.15) is 5.82 Å². The van der Waals surface area contributed by atoms with Gasteiger partial charge in [0.2, 0.25) is 5.82 Å². The van der Waals surface area contributed by atoms with Crippen LogP contribution in [0.4, 0.5) is 5.69 Å². The summed E-state index contributed by atoms with van der Waals surface area (Å²) in [4.78, 5) is 27.3. The van der Waals surface area contributed by atoms with E-state index in [1.807, 2.05) is 0 Å². The molecule has 108 valence electrons. The largest absolute Gasteiger partial charge is 0.478 e. The molecule has 21 heavy (non-hydrogen) atoms. The van der Waals surface area contributed by atoms with Crippen LogP contribution in [0.25, 0.3) is 0 Å². The van der Waals surface area contributed by atoms with Crippen molar-refractivity contribution in [1.29, 1.82) is 0 Å². The molecule has 0 spiro atoms. The maximum Gasteiger partial charge on any atom is 0.336 e. The highest BCUT2D eigenvalue weighted by molar-refractivity contribution is 6.03. The molecule has 7 heteroatoms. The summed E-state index contributed by atoms with van der Waals surface area (Å²) in [5.41, 5.74) is 1.09. The monoisotopic (exact) mass is 286 g/mol. The molecule has 1 aliphatic carbocycles. The standard InChI is InChI=1S/C14H14N4O3/c1-7-9(14(20)21)3-2-4-10(7)15-13(19)12-16-11(17-18-12)8-5-6-8/h2-4,8H,5-6H2,1H3,(H,15,19)(H,20,21)(H,16,17,18). The second-order valence-corrected chi connectivity index (χ2v) is 5.06. The molecule has 1 aromatic heterocycles. The van der Waals surface area contributed by atoms with E-state index in [0.29, 0.717) is 17.2 Å². The van der Waals surface area contributed by atoms with Crippen LogP contribution in [0.2, 0.25) is 0 Å². The number of carboxylic acids is 1. The second-order valence-electron chi connectivity index (χ2n) is 5.06. The van der Waals surface area contributed by atoms with Crippen LogP contribution in [-0.2, 0) is 0 Å². The third-order valence-electron chi connectivity index (χ3n) is 3.48. The Labute approximate surface area is 120 Å². The van der Waals surface area contributed by atoms with Crippen molar-refractivity contribution >= 4 is 17.6 Å². The van der Waals surface area contributed by atoms with E-state index in [4.69, 9.17) is 5.11 Å². The molecule has 0 radical (unpaired) electrons. The van der Waals surface area contributed by atoms with Crippen LogP contribution in [0, 0.1) is 6.92 Å². The lowest BCUT2D eigenvalue weighted by Gasteiger charge is -2.08. The van der Waals surface area contributed by atoms with E-state index in [9.17, 15) is 9.59 Å². The summed E-state index contributed by atoms with van der Waals surface area (Å²) < 4.78 is 0. The number of hydrogen-bond acceptors (Lipinski definition) is 4. The molecule has 0 atom stereocenters. The van der Waals surface area contributed by atoms with Gasteiger partial charge >= 0.3 is 5.97 Å². The molecule has 1 amide bonds. The lowest BCUT2D eigenvalue weighted by Crippen LogP contribution is -2.15. The fraction of sp³-hybridized carbons (Fsp3) is 0.286. The summed E-state index contributed by atoms with van der Waals surface area (Å²) in [6, 6.07) is 4.72. The first kappa shape index (κ1) is 13.3. The van der Waals surface area contributed by atoms with Crippen molar-refractivity contribution in [1.82, 2.24) is 15.2 Å². The number of amides is 1. The molecule has 0 aliphatic heterocycles. The highest BCUT2D eigenvalue weighted by atomic mass is 16.4. The Balaban J connectivity index is 1.80. The molecule has 3 rings (SSSR count). The quantitative estimate of drug-likeness (QED) is 0.796. The third-order valence-corrected chi connectivity index (χ3v) is 3.48. The Kier molecular flexibility index (Phi) is 3.17. The van der Waals surface area contributed by atoms with Gasteiger partial charge in [-0.15, -0.1) is 5.10 Å². The number of carbonyl (C=O) groups is 2. The van der Waals surface area contributed by atoms with Crippen molar-refractivity contribution < 1.29 is 14.7 Å². The molecule has 0 saturated heterocycles. The molecule has 7 nitrogen and oxygen atoms in total. The number of benzene rings is 1. The average Bonchev–Trinajstić information content (AvgIpc) is 3.18. The number of hydrogen-bond donors (Lipinski definition) is 3. The number of nitrogens with one attached hydrogen (secondary N) is 2. The fourth-order valence-electron chi connectivity index (χ4n) is 2.10. The van der Waals surface area contributed by atoms with E-state index in [1.54, 1.807) is 19.1 Å². The van der Waals surface area contributed by atoms with E-state index in [0.717, 1.165) is 18.7 Å². The second kappa shape index (κ2) is 5.01. The van der Waals surface area contributed by atoms with Gasteiger partial charge in [-0.1, -0.05) is 6.07 Å². The molecule has 1 aliphatic rings. The summed E-state index contributed by atoms with van der Waals surface area (Å²) in [6.07, 6.45) is 2.13. The molecule has 3 N–H and O–H groups in total. The zero-order chi connectivity index (χ0) is 15.0. The summed E-state index contributed by atoms with van der Waals surface area (Å²) in [5.74, 6) is -0.300. The normalized spacial score (nSPS) is 14.0. The van der Waals surface area contributed by atoms with Gasteiger partial charge in [0.25, 0.3) is 5.91 Å². The smallest absolute Gasteiger partial charge is 0.336 e. The molecule has 1 heterocycles. The Hall–Kier alpha value is -2.70. The Morgan fingerprint density at radius 2 is 2.14 bits per heavy atom. The molecular weight excluding hydrogens is 272 g/mol. The highest BCUT2D eigenvalue weighted by Gasteiger charge is 2.28. The minimum atomic E-state index is -1.03. The molecule has 1 saturated carbocycles. The van der Waals surface area contributed by atoms with Crippen LogP contribution in [0.15, 0.2) is 18.2 Å². The number of carboxylic acid groups (broad SMARTS) is 1. The van der Waals surface area contributed by atoms with Crippen LogP contribution in [-0.4, -0.2) is 32.2 Å². The van der Waals surface area contributed by atoms with E-state index >= 15 is 0 Å². The molecular formula is C14H14N4O3. The fourth-order valence-corrected chi connectivity index (χ4v) is 2.10. The predicted octanol–water partition coefficient (Wildman–Crippen LogP) is 1.94. The van der Waals surface area contributed by atoms with Gasteiger partial charge in [0, 0.05) is 11.6 Å². The highest BCUT2D eigenvalue weighted by Crippen LogP contribution is 2.37. The zero-order valence-electron chi connectivity index (χ0n) is 11.4. The number of aromatic amines is 1. The van der Waals surface area contributed by atoms with Gasteiger partial charge in [-0.05, 0) is 37.5 Å². The van der Waals surface area contributed by atoms with Gasteiger partial charge in [-0.2, -0.15) is 0 Å². The minimum Gasteiger partial charge on any atom is -0.478 e. The number of aromatic nitrogens is 3. The van der Waals surface area contributed by atoms with E-state index < -0.39 is 11.9 Å². The molecule has 1 aromatic carbocycles. The molecule has 2 aromatic rings. The van der Waals surface area contributed by atoms with Gasteiger partial charge < -0.3 is 10.4 Å². The Morgan fingerprint density at radius 3 is 2.81 bits per heavy atom. The van der Waals surface area contributed by atoms with Crippen molar-refractivity contribution in [3.8, 4) is 0 Å². The first-order chi connectivity index (χ1) is 10.1. The van der Waals surface area contributed by atoms with E-state index in [2.05, 4.69) is 20.5 Å². The summed E-state index contributed by atoms with van der Waals surface area (Å²) in [7, 11) is 0. The Bertz CT molecular complexity index is 719. The van der Waals surface area contributed by atoms with Gasteiger partial charge in [0.15, 0.2) is 0 Å². The van der Waals surface area contributed by atoms with Gasteiger partial charge in [-0.3, -0.25) is 9.89 Å². The van der Waals surface area contributed by atoms with Crippen molar-refractivity contribution in [3.05, 3.63) is 41.0 Å². The van der Waals surface area contributed by atoms with Gasteiger partial charge in [-0.25, -0.2) is 9.78 Å². The number of anilines is 1. The van der Waals surface area contributed by atoms with Gasteiger partial charge in [0.05, 0.1) is 5.56 Å². The van der Waals surface area contributed by atoms with Crippen LogP contribution < -0.4 is 5.32 Å². The zero-order valence-corrected chi connectivity index (χ0v) is 11.4. The number of rotatable bonds is 4. The maximum atomic E-state index is 12.1. The van der Waals surface area contributed by atoms with Crippen LogP contribution in [0.3, 0.4) is 0 Å². The lowest BCUT2D eigenvalue weighted by atomic mass is 10.1. The first-order valence-electron chi connectivity index (χ1n) is 6.63. The third kappa shape index (κ3) is 2.62. The average molecular weight is 286 g/mol. The topological polar surface area (TPSA) is 108 Å². The minimum absolute atomic E-state index is 0.0667. The van der Waals surface area contributed by atoms with E-state index in [1.165, 1.54) is 6.07 Å². The van der Waals surface area contributed by atoms with Crippen molar-refractivity contribution in [2.45, 2.75) is 25.7 Å². The molecule has 0 unspecified atom stereocenters. The van der Waals surface area contributed by atoms with E-state index in [-0.39, 0.29) is 11.4 Å². The van der Waals surface area contributed by atoms with Crippen molar-refractivity contribution in [3.63, 3.8) is 0 Å². The SMILES string of the molecule is Cc1c(NC(=O)c2n[nH]c(C3CC3)n2)cccc1C(=O)O. The molecule has 0 bridgehead atoms. The summed E-state index contributed by atoms with van der Waals surface area (Å²) in [6.45, 7) is 1.65. The molecule has 1 fully saturated rings. The van der Waals surface area contributed by atoms with Crippen molar-refractivity contribution in [2.24, 2.45) is 0 Å². The Morgan fingerprint density at radius 1 is 1.38 bits per heavy atom. The van der Waals surface area contributed by atoms with Crippen LogP contribution in [0.1, 0.15) is 51.1 Å². The van der Waals surface area contributed by atoms with Crippen LogP contribution in [0.5, 0.6) is 0 Å². The van der Waals surface area contributed by atoms with Crippen LogP contribution >= 0.6 is 0 Å². The lowest BCUT2D eigenvalue weighted by molar-refractivity contribution is 0.0695. The first-order valence-corrected chi connectivity index (χ1v) is 6.63. The van der Waals surface area contributed by atoms with Crippen molar-refractivity contribution in [2.75, 3.05) is 5.32 Å². The summed E-state index contributed by atoms with van der Waals surface area (Å²) >= 11 is 0. The number of carbonyl (C=O) groups excluding carboxylic acids is 1. The summed E-state index contributed by atoms with van der Waals surface area (Å²) in [5, 5.41) is 18.4. The number of H-pyrrole nitrogens is 1. The number of nitrogens with zero attached hydrogens (tertiary/aromatic N) is 2. The number of aromatic carboxylic acids is 1. The predicted molar refractivity (Wildman–Crippen MR) is 74.4 cm³/mol.